The number of carbonyl (C=O) groups excluding carboxylic acids is 2. The zero-order chi connectivity index (χ0) is 19.0. The van der Waals surface area contributed by atoms with Crippen molar-refractivity contribution in [2.24, 2.45) is 0 Å². The Morgan fingerprint density at radius 2 is 1.42 bits per heavy atom. The van der Waals surface area contributed by atoms with Gasteiger partial charge in [0.15, 0.2) is 0 Å². The van der Waals surface area contributed by atoms with Crippen LogP contribution in [-0.4, -0.2) is 25.2 Å². The summed E-state index contributed by atoms with van der Waals surface area (Å²) in [5, 5.41) is 0. The van der Waals surface area contributed by atoms with Gasteiger partial charge in [0.1, 0.15) is 0 Å². The molecule has 0 spiro atoms. The van der Waals surface area contributed by atoms with Crippen molar-refractivity contribution >= 4 is 27.9 Å². The zero-order valence-electron chi connectivity index (χ0n) is 15.8. The van der Waals surface area contributed by atoms with Gasteiger partial charge in [0.05, 0.1) is 26.1 Å². The minimum Gasteiger partial charge on any atom is -0.466 e. The number of hydrogen-bond donors (Lipinski definition) is 0. The van der Waals surface area contributed by atoms with E-state index in [4.69, 9.17) is 9.47 Å². The maximum absolute atomic E-state index is 11.7. The molecule has 0 aliphatic heterocycles. The average molecular weight is 427 g/mol. The van der Waals surface area contributed by atoms with Gasteiger partial charge in [0.25, 0.3) is 0 Å². The Morgan fingerprint density at radius 1 is 0.846 bits per heavy atom. The van der Waals surface area contributed by atoms with Gasteiger partial charge >= 0.3 is 11.9 Å². The molecule has 0 saturated carbocycles. The van der Waals surface area contributed by atoms with Crippen LogP contribution in [0, 0.1) is 0 Å². The van der Waals surface area contributed by atoms with E-state index in [0.29, 0.717) is 19.6 Å². The third-order valence-corrected chi connectivity index (χ3v) is 4.91. The van der Waals surface area contributed by atoms with Crippen LogP contribution in [0.4, 0.5) is 0 Å². The Hall–Kier alpha value is -1.36. The number of carbonyl (C=O) groups is 2. The molecule has 0 aromatic heterocycles. The fourth-order valence-corrected chi connectivity index (χ4v) is 3.05. The van der Waals surface area contributed by atoms with Crippen molar-refractivity contribution in [1.82, 2.24) is 0 Å². The van der Waals surface area contributed by atoms with Crippen LogP contribution >= 0.6 is 15.9 Å². The van der Waals surface area contributed by atoms with Crippen LogP contribution in [-0.2, 0) is 25.5 Å². The lowest BCUT2D eigenvalue weighted by Gasteiger charge is -2.07. The first kappa shape index (κ1) is 22.7. The summed E-state index contributed by atoms with van der Waals surface area (Å²) in [6, 6.07) is 7.83. The molecule has 0 N–H and O–H groups in total. The molecule has 1 aromatic carbocycles. The highest BCUT2D eigenvalue weighted by atomic mass is 79.9. The van der Waals surface area contributed by atoms with Gasteiger partial charge < -0.3 is 9.47 Å². The molecule has 146 valence electrons. The Morgan fingerprint density at radius 3 is 2.08 bits per heavy atom. The Labute approximate surface area is 165 Å². The first-order chi connectivity index (χ1) is 12.6. The average Bonchev–Trinajstić information content (AvgIpc) is 2.64. The lowest BCUT2D eigenvalue weighted by molar-refractivity contribution is -0.150. The van der Waals surface area contributed by atoms with Crippen molar-refractivity contribution in [3.8, 4) is 0 Å². The highest BCUT2D eigenvalue weighted by molar-refractivity contribution is 9.10. The number of rotatable bonds is 14. The molecular formula is C21H31BrO4. The van der Waals surface area contributed by atoms with Crippen molar-refractivity contribution in [3.63, 3.8) is 0 Å². The van der Waals surface area contributed by atoms with E-state index < -0.39 is 0 Å². The summed E-state index contributed by atoms with van der Waals surface area (Å²) >= 11 is 3.46. The number of benzene rings is 1. The molecule has 5 heteroatoms. The summed E-state index contributed by atoms with van der Waals surface area (Å²) in [5.41, 5.74) is 1.09. The fraction of sp³-hybridized carbons (Fsp3) is 0.619. The predicted octanol–water partition coefficient (Wildman–Crippen LogP) is 5.61. The van der Waals surface area contributed by atoms with Crippen molar-refractivity contribution < 1.29 is 19.1 Å². The van der Waals surface area contributed by atoms with E-state index in [1.54, 1.807) is 0 Å². The molecule has 0 unspecified atom stereocenters. The van der Waals surface area contributed by atoms with Gasteiger partial charge in [-0.3, -0.25) is 9.59 Å². The highest BCUT2D eigenvalue weighted by Crippen LogP contribution is 2.16. The van der Waals surface area contributed by atoms with Crippen LogP contribution in [0.3, 0.4) is 0 Å². The number of unbranched alkanes of at least 4 members (excludes halogenated alkanes) is 6. The highest BCUT2D eigenvalue weighted by Gasteiger charge is 2.09. The second kappa shape index (κ2) is 14.8. The molecule has 4 nitrogen and oxygen atoms in total. The molecule has 0 aliphatic carbocycles. The molecule has 0 radical (unpaired) electrons. The minimum absolute atomic E-state index is 0.0752. The van der Waals surface area contributed by atoms with Crippen molar-refractivity contribution in [1.29, 1.82) is 0 Å². The van der Waals surface area contributed by atoms with Crippen LogP contribution in [0.5, 0.6) is 0 Å². The van der Waals surface area contributed by atoms with Gasteiger partial charge in [0.2, 0.25) is 0 Å². The van der Waals surface area contributed by atoms with Crippen LogP contribution in [0.2, 0.25) is 0 Å². The lowest BCUT2D eigenvalue weighted by atomic mass is 10.1. The van der Waals surface area contributed by atoms with E-state index in [0.717, 1.165) is 22.9 Å². The molecule has 1 rings (SSSR count). The Bertz CT molecular complexity index is 530. The summed E-state index contributed by atoms with van der Waals surface area (Å²) in [5.74, 6) is -0.677. The molecule has 0 amide bonds. The molecule has 0 heterocycles. The Balaban J connectivity index is 1.99. The molecule has 0 aliphatic rings. The van der Waals surface area contributed by atoms with Crippen LogP contribution in [0.1, 0.15) is 70.3 Å². The van der Waals surface area contributed by atoms with Crippen molar-refractivity contribution in [2.45, 2.75) is 71.1 Å². The molecule has 0 atom stereocenters. The van der Waals surface area contributed by atoms with Crippen molar-refractivity contribution in [2.75, 3.05) is 13.2 Å². The molecule has 0 bridgehead atoms. The zero-order valence-corrected chi connectivity index (χ0v) is 17.4. The van der Waals surface area contributed by atoms with Gasteiger partial charge in [-0.1, -0.05) is 79.6 Å². The second-order valence-corrected chi connectivity index (χ2v) is 7.26. The first-order valence-corrected chi connectivity index (χ1v) is 10.5. The summed E-state index contributed by atoms with van der Waals surface area (Å²) in [4.78, 5) is 23.3. The number of halogens is 1. The summed E-state index contributed by atoms with van der Waals surface area (Å²) < 4.78 is 11.3. The number of esters is 2. The topological polar surface area (TPSA) is 52.6 Å². The summed E-state index contributed by atoms with van der Waals surface area (Å²) in [6.07, 6.45) is 9.10. The first-order valence-electron chi connectivity index (χ1n) is 9.68. The maximum Gasteiger partial charge on any atom is 0.306 e. The Kier molecular flexibility index (Phi) is 12.9. The molecular weight excluding hydrogens is 396 g/mol. The summed E-state index contributed by atoms with van der Waals surface area (Å²) in [6.45, 7) is 2.97. The quantitative estimate of drug-likeness (QED) is 0.286. The smallest absolute Gasteiger partial charge is 0.306 e. The third kappa shape index (κ3) is 11.3. The molecule has 0 fully saturated rings. The van der Waals surface area contributed by atoms with Gasteiger partial charge in [-0.05, 0) is 18.1 Å². The van der Waals surface area contributed by atoms with Gasteiger partial charge in [-0.25, -0.2) is 0 Å². The molecule has 0 saturated heterocycles. The monoisotopic (exact) mass is 426 g/mol. The van der Waals surface area contributed by atoms with Crippen LogP contribution in [0.25, 0.3) is 0 Å². The lowest BCUT2D eigenvalue weighted by Crippen LogP contribution is -2.12. The standard InChI is InChI=1S/C21H31BrO4/c1-2-3-4-5-6-7-10-16-25-20(23)13-14-21(24)26-17-15-18-11-8-9-12-19(18)22/h8-9,11-12H,2-7,10,13-17H2,1H3. The fourth-order valence-electron chi connectivity index (χ4n) is 2.57. The van der Waals surface area contributed by atoms with E-state index >= 15 is 0 Å². The maximum atomic E-state index is 11.7. The third-order valence-electron chi connectivity index (χ3n) is 4.14. The summed E-state index contributed by atoms with van der Waals surface area (Å²) in [7, 11) is 0. The largest absolute Gasteiger partial charge is 0.466 e. The number of hydrogen-bond acceptors (Lipinski definition) is 4. The van der Waals surface area contributed by atoms with E-state index in [1.807, 2.05) is 24.3 Å². The molecule has 26 heavy (non-hydrogen) atoms. The van der Waals surface area contributed by atoms with Crippen LogP contribution < -0.4 is 0 Å². The van der Waals surface area contributed by atoms with E-state index in [2.05, 4.69) is 22.9 Å². The van der Waals surface area contributed by atoms with E-state index in [9.17, 15) is 9.59 Å². The van der Waals surface area contributed by atoms with Gasteiger partial charge in [-0.2, -0.15) is 0 Å². The van der Waals surface area contributed by atoms with E-state index in [1.165, 1.54) is 32.1 Å². The van der Waals surface area contributed by atoms with E-state index in [-0.39, 0.29) is 24.8 Å². The minimum atomic E-state index is -0.357. The van der Waals surface area contributed by atoms with Gasteiger partial charge in [-0.15, -0.1) is 0 Å². The predicted molar refractivity (Wildman–Crippen MR) is 107 cm³/mol. The van der Waals surface area contributed by atoms with Crippen molar-refractivity contribution in [3.05, 3.63) is 34.3 Å². The van der Waals surface area contributed by atoms with Crippen LogP contribution in [0.15, 0.2) is 28.7 Å². The van der Waals surface area contributed by atoms with Gasteiger partial charge in [0, 0.05) is 10.9 Å². The second-order valence-electron chi connectivity index (χ2n) is 6.40. The SMILES string of the molecule is CCCCCCCCCOC(=O)CCC(=O)OCCc1ccccc1Br. The normalized spacial score (nSPS) is 10.5. The number of ether oxygens (including phenoxy) is 2. The molecule has 1 aromatic rings.